The average molecular weight is 337 g/mol. The van der Waals surface area contributed by atoms with E-state index in [1.54, 1.807) is 0 Å². The molecule has 0 heterocycles. The topological polar surface area (TPSA) is 40.5 Å². The summed E-state index contributed by atoms with van der Waals surface area (Å²) in [6.45, 7) is 4.67. The van der Waals surface area contributed by atoms with E-state index in [0.717, 1.165) is 24.8 Å². The van der Waals surface area contributed by atoms with Crippen molar-refractivity contribution >= 4 is 0 Å². The molecule has 0 aliphatic heterocycles. The van der Waals surface area contributed by atoms with Crippen molar-refractivity contribution in [2.24, 2.45) is 0 Å². The van der Waals surface area contributed by atoms with E-state index in [0.29, 0.717) is 6.54 Å². The first kappa shape index (κ1) is 21.1. The van der Waals surface area contributed by atoms with Crippen LogP contribution in [0.3, 0.4) is 0 Å². The molecule has 1 aromatic rings. The third-order valence-corrected chi connectivity index (χ3v) is 4.91. The van der Waals surface area contributed by atoms with Gasteiger partial charge in [0.25, 0.3) is 0 Å². The lowest BCUT2D eigenvalue weighted by Crippen LogP contribution is -2.45. The van der Waals surface area contributed by atoms with Gasteiger partial charge in [0, 0.05) is 18.4 Å². The third kappa shape index (κ3) is 8.27. The summed E-state index contributed by atoms with van der Waals surface area (Å²) >= 11 is 0. The summed E-state index contributed by atoms with van der Waals surface area (Å²) in [6.07, 6.45) is 13.3. The molecule has 138 valence electrons. The summed E-state index contributed by atoms with van der Waals surface area (Å²) < 4.78 is 0. The normalized spacial score (nSPS) is 13.2. The van der Waals surface area contributed by atoms with Gasteiger partial charge in [0.15, 0.2) is 6.04 Å². The number of nitrogens with zero attached hydrogens (tertiary/aromatic N) is 1. The van der Waals surface area contributed by atoms with Crippen molar-refractivity contribution in [2.75, 3.05) is 6.54 Å². The molecule has 0 spiro atoms. The summed E-state index contributed by atoms with van der Waals surface area (Å²) in [7, 11) is 0. The number of hydroxylamine groups is 4. The molecule has 0 fully saturated rings. The maximum atomic E-state index is 10.4. The molecule has 0 bridgehead atoms. The van der Waals surface area contributed by atoms with Gasteiger partial charge in [0.2, 0.25) is 0 Å². The second kappa shape index (κ2) is 12.5. The van der Waals surface area contributed by atoms with Gasteiger partial charge in [-0.15, -0.1) is 0 Å². The van der Waals surface area contributed by atoms with Gasteiger partial charge in [-0.1, -0.05) is 95.5 Å². The number of hydrogen-bond acceptors (Lipinski definition) is 2. The second-order valence-electron chi connectivity index (χ2n) is 7.03. The Bertz CT molecular complexity index is 406. The van der Waals surface area contributed by atoms with Crippen LogP contribution in [0.2, 0.25) is 0 Å². The van der Waals surface area contributed by atoms with Gasteiger partial charge in [-0.2, -0.15) is 10.4 Å². The van der Waals surface area contributed by atoms with Crippen LogP contribution in [0.4, 0.5) is 0 Å². The highest BCUT2D eigenvalue weighted by molar-refractivity contribution is 5.17. The predicted molar refractivity (Wildman–Crippen MR) is 100 cm³/mol. The third-order valence-electron chi connectivity index (χ3n) is 4.91. The quantitative estimate of drug-likeness (QED) is 0.227. The monoisotopic (exact) mass is 336 g/mol. The molecular formula is C21H38NO2+. The maximum Gasteiger partial charge on any atom is 0.177 e. The van der Waals surface area contributed by atoms with Gasteiger partial charge in [-0.3, -0.25) is 0 Å². The highest BCUT2D eigenvalue weighted by Crippen LogP contribution is 2.28. The zero-order valence-corrected chi connectivity index (χ0v) is 15.8. The van der Waals surface area contributed by atoms with Crippen LogP contribution in [0.5, 0.6) is 0 Å². The van der Waals surface area contributed by atoms with Crippen LogP contribution in [0, 0.1) is 0 Å². The number of rotatable bonds is 14. The Balaban J connectivity index is 2.18. The molecule has 24 heavy (non-hydrogen) atoms. The summed E-state index contributed by atoms with van der Waals surface area (Å²) in [5.41, 5.74) is 0.997. The van der Waals surface area contributed by atoms with E-state index < -0.39 is 4.81 Å². The Morgan fingerprint density at radius 1 is 0.750 bits per heavy atom. The van der Waals surface area contributed by atoms with Gasteiger partial charge in [0.05, 0.1) is 0 Å². The Hall–Kier alpha value is -0.900. The van der Waals surface area contributed by atoms with Crippen LogP contribution < -0.4 is 0 Å². The fraction of sp³-hybridized carbons (Fsp3) is 0.714. The summed E-state index contributed by atoms with van der Waals surface area (Å²) in [4.78, 5) is -0.877. The zero-order chi connectivity index (χ0) is 17.7. The van der Waals surface area contributed by atoms with E-state index in [1.165, 1.54) is 51.4 Å². The van der Waals surface area contributed by atoms with Crippen molar-refractivity contribution in [3.63, 3.8) is 0 Å². The molecule has 1 aromatic carbocycles. The van der Waals surface area contributed by atoms with Crippen LogP contribution in [0.1, 0.15) is 96.1 Å². The minimum atomic E-state index is -0.877. The van der Waals surface area contributed by atoms with E-state index in [4.69, 9.17) is 0 Å². The number of unbranched alkanes of at least 4 members (excludes halogenated alkanes) is 9. The molecule has 1 unspecified atom stereocenters. The summed E-state index contributed by atoms with van der Waals surface area (Å²) in [5, 5.41) is 20.9. The first-order chi connectivity index (χ1) is 11.6. The molecule has 0 radical (unpaired) electrons. The SMILES string of the molecule is CCCCCCCCCCCC[N+](O)(O)C(CC)c1ccccc1. The van der Waals surface area contributed by atoms with Crippen LogP contribution in [0.15, 0.2) is 30.3 Å². The molecule has 0 saturated heterocycles. The highest BCUT2D eigenvalue weighted by atomic mass is 16.8. The summed E-state index contributed by atoms with van der Waals surface area (Å²) in [5.74, 6) is 0. The van der Waals surface area contributed by atoms with E-state index in [-0.39, 0.29) is 6.04 Å². The van der Waals surface area contributed by atoms with Crippen molar-refractivity contribution in [1.29, 1.82) is 0 Å². The van der Waals surface area contributed by atoms with Crippen LogP contribution in [-0.4, -0.2) is 21.8 Å². The van der Waals surface area contributed by atoms with Gasteiger partial charge < -0.3 is 0 Å². The van der Waals surface area contributed by atoms with Gasteiger partial charge in [0.1, 0.15) is 6.54 Å². The maximum absolute atomic E-state index is 10.4. The highest BCUT2D eigenvalue weighted by Gasteiger charge is 2.34. The molecule has 3 nitrogen and oxygen atoms in total. The van der Waals surface area contributed by atoms with E-state index >= 15 is 0 Å². The molecule has 3 heteroatoms. The lowest BCUT2D eigenvalue weighted by Gasteiger charge is -2.29. The van der Waals surface area contributed by atoms with E-state index in [2.05, 4.69) is 6.92 Å². The first-order valence-corrected chi connectivity index (χ1v) is 10.00. The van der Waals surface area contributed by atoms with Gasteiger partial charge in [-0.25, -0.2) is 0 Å². The lowest BCUT2D eigenvalue weighted by molar-refractivity contribution is -1.26. The van der Waals surface area contributed by atoms with Gasteiger partial charge >= 0.3 is 0 Å². The summed E-state index contributed by atoms with van der Waals surface area (Å²) in [6, 6.07) is 9.57. The molecule has 0 aromatic heterocycles. The van der Waals surface area contributed by atoms with Crippen molar-refractivity contribution in [1.82, 2.24) is 0 Å². The Morgan fingerprint density at radius 2 is 1.25 bits per heavy atom. The van der Waals surface area contributed by atoms with Crippen molar-refractivity contribution in [2.45, 2.75) is 90.5 Å². The Labute approximate surface area is 148 Å². The van der Waals surface area contributed by atoms with Crippen LogP contribution in [0.25, 0.3) is 0 Å². The van der Waals surface area contributed by atoms with Crippen LogP contribution >= 0.6 is 0 Å². The van der Waals surface area contributed by atoms with E-state index in [1.807, 2.05) is 37.3 Å². The molecule has 0 amide bonds. The fourth-order valence-corrected chi connectivity index (χ4v) is 3.43. The second-order valence-corrected chi connectivity index (χ2v) is 7.03. The molecule has 0 saturated carbocycles. The standard InChI is InChI=1S/C21H38NO2/c1-3-5-6-7-8-9-10-11-12-16-19-22(23,24)21(4-2)20-17-14-13-15-18-20/h13-15,17-18,21,23-24H,3-12,16,19H2,1-2H3/q+1. The molecule has 2 N–H and O–H groups in total. The van der Waals surface area contributed by atoms with E-state index in [9.17, 15) is 10.4 Å². The van der Waals surface area contributed by atoms with Crippen LogP contribution in [-0.2, 0) is 0 Å². The minimum absolute atomic E-state index is 0.259. The predicted octanol–water partition coefficient (Wildman–Crippen LogP) is 6.65. The number of benzene rings is 1. The lowest BCUT2D eigenvalue weighted by atomic mass is 10.0. The number of hydrogen-bond donors (Lipinski definition) is 2. The van der Waals surface area contributed by atoms with Crippen molar-refractivity contribution < 1.29 is 15.2 Å². The molecule has 1 atom stereocenters. The van der Waals surface area contributed by atoms with Crippen molar-refractivity contribution in [3.05, 3.63) is 35.9 Å². The molecule has 0 aliphatic carbocycles. The smallest absolute Gasteiger partial charge is 0.177 e. The first-order valence-electron chi connectivity index (χ1n) is 10.00. The van der Waals surface area contributed by atoms with Crippen molar-refractivity contribution in [3.8, 4) is 0 Å². The minimum Gasteiger partial charge on any atom is -0.182 e. The molecule has 0 aliphatic rings. The Kier molecular flexibility index (Phi) is 11.0. The van der Waals surface area contributed by atoms with Gasteiger partial charge in [-0.05, 0) is 11.2 Å². The number of quaternary nitrogens is 1. The average Bonchev–Trinajstić information content (AvgIpc) is 2.58. The Morgan fingerprint density at radius 3 is 1.75 bits per heavy atom. The molecule has 1 rings (SSSR count). The fourth-order valence-electron chi connectivity index (χ4n) is 3.43. The molecular weight excluding hydrogens is 298 g/mol. The zero-order valence-electron chi connectivity index (χ0n) is 15.8. The largest absolute Gasteiger partial charge is 0.182 e.